The van der Waals surface area contributed by atoms with E-state index in [9.17, 15) is 14.8 Å². The van der Waals surface area contributed by atoms with E-state index in [0.29, 0.717) is 11.3 Å². The zero-order valence-corrected chi connectivity index (χ0v) is 18.5. The van der Waals surface area contributed by atoms with Crippen molar-refractivity contribution in [3.05, 3.63) is 48.3 Å². The normalized spacial score (nSPS) is 23.7. The number of hydrogen-bond acceptors (Lipinski definition) is 8. The van der Waals surface area contributed by atoms with Crippen molar-refractivity contribution in [2.75, 3.05) is 13.0 Å². The highest BCUT2D eigenvalue weighted by molar-refractivity contribution is 7.51. The lowest BCUT2D eigenvalue weighted by atomic mass is 10.1. The van der Waals surface area contributed by atoms with Crippen molar-refractivity contribution in [1.29, 1.82) is 0 Å². The standard InChI is InChI=1S/C19H19ClN5O7P/c20-19-22-16(24-5-10-3-1-2-4-11(10)6-24)13-17(23-19)25(8-21-13)18-15(27)14(26)12(32-18)7-31-9-33(28,29)30/h1-6,8,12,14-15,18,26-27H,7,9H2,(H2,28,29,30)/t12-,14-,15-,18-/m1/s1. The van der Waals surface area contributed by atoms with Crippen molar-refractivity contribution < 1.29 is 34.0 Å². The minimum Gasteiger partial charge on any atom is -0.387 e. The molecule has 14 heteroatoms. The average Bonchev–Trinajstić information content (AvgIpc) is 3.44. The molecular weight excluding hydrogens is 477 g/mol. The summed E-state index contributed by atoms with van der Waals surface area (Å²) in [5.41, 5.74) is 0.669. The van der Waals surface area contributed by atoms with Gasteiger partial charge in [-0.05, 0) is 22.4 Å². The highest BCUT2D eigenvalue weighted by Gasteiger charge is 2.44. The SMILES string of the molecule is O=P(O)(O)COC[C@H]1O[C@@H](n2cnc3c(-n4cc5ccccc5c4)nc(Cl)nc32)[C@H](O)[C@@H]1O. The van der Waals surface area contributed by atoms with Gasteiger partial charge in [-0.15, -0.1) is 0 Å². The molecule has 3 aromatic heterocycles. The summed E-state index contributed by atoms with van der Waals surface area (Å²) in [6.07, 6.45) is -0.533. The molecule has 33 heavy (non-hydrogen) atoms. The summed E-state index contributed by atoms with van der Waals surface area (Å²) in [6.45, 7) is -0.330. The van der Waals surface area contributed by atoms with Gasteiger partial charge in [-0.3, -0.25) is 9.13 Å². The van der Waals surface area contributed by atoms with Crippen LogP contribution in [0.1, 0.15) is 6.23 Å². The second-order valence-corrected chi connectivity index (χ2v) is 9.57. The Balaban J connectivity index is 1.48. The molecule has 0 aliphatic carbocycles. The molecule has 1 aromatic carbocycles. The third-order valence-electron chi connectivity index (χ3n) is 5.33. The Morgan fingerprint density at radius 1 is 1.12 bits per heavy atom. The quantitative estimate of drug-likeness (QED) is 0.225. The number of aliphatic hydroxyl groups is 2. The van der Waals surface area contributed by atoms with Crippen LogP contribution in [-0.4, -0.2) is 75.4 Å². The number of rotatable bonds is 6. The van der Waals surface area contributed by atoms with E-state index in [1.807, 2.05) is 36.7 Å². The summed E-state index contributed by atoms with van der Waals surface area (Å²) in [4.78, 5) is 30.8. The monoisotopic (exact) mass is 495 g/mol. The van der Waals surface area contributed by atoms with E-state index in [2.05, 4.69) is 15.0 Å². The summed E-state index contributed by atoms with van der Waals surface area (Å²) in [5.74, 6) is 0.425. The number of fused-ring (bicyclic) bond motifs is 2. The van der Waals surface area contributed by atoms with Crippen molar-refractivity contribution in [1.82, 2.24) is 24.1 Å². The van der Waals surface area contributed by atoms with Crippen LogP contribution in [0.25, 0.3) is 27.8 Å². The first-order chi connectivity index (χ1) is 15.7. The lowest BCUT2D eigenvalue weighted by molar-refractivity contribution is -0.0612. The molecule has 4 atom stereocenters. The molecule has 1 saturated heterocycles. The molecule has 1 aliphatic rings. The third kappa shape index (κ3) is 4.27. The summed E-state index contributed by atoms with van der Waals surface area (Å²) >= 11 is 6.19. The number of ether oxygens (including phenoxy) is 2. The Hall–Kier alpha value is -2.41. The molecule has 5 rings (SSSR count). The molecule has 174 valence electrons. The summed E-state index contributed by atoms with van der Waals surface area (Å²) in [7, 11) is -4.38. The Kier molecular flexibility index (Phi) is 5.71. The molecule has 0 saturated carbocycles. The number of nitrogens with zero attached hydrogens (tertiary/aromatic N) is 5. The first-order valence-corrected chi connectivity index (χ1v) is 12.0. The van der Waals surface area contributed by atoms with Crippen LogP contribution in [0.15, 0.2) is 43.0 Å². The molecule has 0 spiro atoms. The van der Waals surface area contributed by atoms with E-state index in [1.54, 1.807) is 4.57 Å². The van der Waals surface area contributed by atoms with E-state index >= 15 is 0 Å². The zero-order valence-electron chi connectivity index (χ0n) is 16.8. The summed E-state index contributed by atoms with van der Waals surface area (Å²) < 4.78 is 24.8. The molecule has 0 amide bonds. The van der Waals surface area contributed by atoms with Crippen molar-refractivity contribution in [2.24, 2.45) is 0 Å². The number of halogens is 1. The number of hydrogen-bond donors (Lipinski definition) is 4. The molecule has 4 heterocycles. The van der Waals surface area contributed by atoms with Gasteiger partial charge in [0.1, 0.15) is 24.7 Å². The topological polar surface area (TPSA) is 165 Å². The van der Waals surface area contributed by atoms with Crippen molar-refractivity contribution in [3.8, 4) is 5.82 Å². The Morgan fingerprint density at radius 2 is 1.82 bits per heavy atom. The van der Waals surface area contributed by atoms with E-state index in [-0.39, 0.29) is 17.5 Å². The van der Waals surface area contributed by atoms with Crippen LogP contribution in [-0.2, 0) is 14.0 Å². The van der Waals surface area contributed by atoms with Crippen LogP contribution in [0.4, 0.5) is 0 Å². The van der Waals surface area contributed by atoms with Crippen molar-refractivity contribution in [2.45, 2.75) is 24.5 Å². The first kappa shape index (κ1) is 22.4. The van der Waals surface area contributed by atoms with Gasteiger partial charge < -0.3 is 34.0 Å². The van der Waals surface area contributed by atoms with Gasteiger partial charge in [-0.25, -0.2) is 4.98 Å². The number of aliphatic hydroxyl groups excluding tert-OH is 2. The van der Waals surface area contributed by atoms with Gasteiger partial charge in [0, 0.05) is 12.4 Å². The fourth-order valence-electron chi connectivity index (χ4n) is 3.83. The Labute approximate surface area is 191 Å². The molecule has 0 bridgehead atoms. The molecular formula is C19H19ClN5O7P. The maximum Gasteiger partial charge on any atom is 0.350 e. The number of imidazole rings is 1. The zero-order chi connectivity index (χ0) is 23.3. The highest BCUT2D eigenvalue weighted by Crippen LogP contribution is 2.36. The van der Waals surface area contributed by atoms with Crippen LogP contribution >= 0.6 is 19.2 Å². The summed E-state index contributed by atoms with van der Waals surface area (Å²) in [5, 5.41) is 22.8. The minimum atomic E-state index is -4.38. The Bertz CT molecular complexity index is 1340. The van der Waals surface area contributed by atoms with Crippen LogP contribution in [0.5, 0.6) is 0 Å². The van der Waals surface area contributed by atoms with Gasteiger partial charge in [0.2, 0.25) is 5.28 Å². The van der Waals surface area contributed by atoms with Crippen LogP contribution in [0, 0.1) is 0 Å². The largest absolute Gasteiger partial charge is 0.387 e. The van der Waals surface area contributed by atoms with Crippen molar-refractivity contribution >= 4 is 41.1 Å². The van der Waals surface area contributed by atoms with Gasteiger partial charge in [0.05, 0.1) is 12.9 Å². The van der Waals surface area contributed by atoms with Crippen LogP contribution in [0.3, 0.4) is 0 Å². The maximum absolute atomic E-state index is 11.0. The molecule has 4 aromatic rings. The Morgan fingerprint density at radius 3 is 2.48 bits per heavy atom. The van der Waals surface area contributed by atoms with Crippen molar-refractivity contribution in [3.63, 3.8) is 0 Å². The lowest BCUT2D eigenvalue weighted by Crippen LogP contribution is -2.33. The molecule has 0 radical (unpaired) electrons. The molecule has 0 unspecified atom stereocenters. The average molecular weight is 496 g/mol. The number of aromatic nitrogens is 5. The molecule has 1 aliphatic heterocycles. The first-order valence-electron chi connectivity index (χ1n) is 9.82. The van der Waals surface area contributed by atoms with E-state index in [0.717, 1.165) is 10.8 Å². The lowest BCUT2D eigenvalue weighted by Gasteiger charge is -2.16. The second-order valence-electron chi connectivity index (χ2n) is 7.65. The fraction of sp³-hybridized carbons (Fsp3) is 0.316. The third-order valence-corrected chi connectivity index (χ3v) is 6.01. The predicted octanol–water partition coefficient (Wildman–Crippen LogP) is 1.19. The van der Waals surface area contributed by atoms with Gasteiger partial charge in [0.15, 0.2) is 23.2 Å². The van der Waals surface area contributed by atoms with Gasteiger partial charge in [-0.1, -0.05) is 24.3 Å². The maximum atomic E-state index is 11.0. The summed E-state index contributed by atoms with van der Waals surface area (Å²) in [6, 6.07) is 7.77. The molecule has 4 N–H and O–H groups in total. The van der Waals surface area contributed by atoms with Gasteiger partial charge in [0.25, 0.3) is 0 Å². The predicted molar refractivity (Wildman–Crippen MR) is 116 cm³/mol. The second kappa shape index (κ2) is 8.42. The number of benzene rings is 1. The van der Waals surface area contributed by atoms with E-state index < -0.39 is 38.5 Å². The molecule has 12 nitrogen and oxygen atoms in total. The van der Waals surface area contributed by atoms with E-state index in [4.69, 9.17) is 30.9 Å². The highest BCUT2D eigenvalue weighted by atomic mass is 35.5. The van der Waals surface area contributed by atoms with Gasteiger partial charge >= 0.3 is 7.60 Å². The van der Waals surface area contributed by atoms with E-state index in [1.165, 1.54) is 10.9 Å². The molecule has 1 fully saturated rings. The smallest absolute Gasteiger partial charge is 0.350 e. The van der Waals surface area contributed by atoms with Crippen LogP contribution < -0.4 is 0 Å². The minimum absolute atomic E-state index is 0.0495. The van der Waals surface area contributed by atoms with Gasteiger partial charge in [-0.2, -0.15) is 9.97 Å². The fourth-order valence-corrected chi connectivity index (χ4v) is 4.34. The van der Waals surface area contributed by atoms with Crippen LogP contribution in [0.2, 0.25) is 5.28 Å².